The third-order valence-electron chi connectivity index (χ3n) is 8.26. The molecule has 42 heavy (non-hydrogen) atoms. The maximum atomic E-state index is 11.8. The van der Waals surface area contributed by atoms with Crippen molar-refractivity contribution in [2.24, 2.45) is 0 Å². The SMILES string of the molecule is CCNC(=O)NCc1cccc(-c2ccc([C@H]3O[C@@H](CN4CCCCCCC4)C[C@@H](c4ccc(CO)cc4)O3)cc2)c1. The van der Waals surface area contributed by atoms with Gasteiger partial charge in [0.25, 0.3) is 0 Å². The molecule has 0 spiro atoms. The van der Waals surface area contributed by atoms with Gasteiger partial charge < -0.3 is 30.1 Å². The molecule has 2 amide bonds. The Kier molecular flexibility index (Phi) is 11.0. The van der Waals surface area contributed by atoms with E-state index in [4.69, 9.17) is 9.47 Å². The molecule has 0 saturated carbocycles. The molecule has 0 radical (unpaired) electrons. The first-order valence-corrected chi connectivity index (χ1v) is 15.5. The molecule has 224 valence electrons. The number of hydrogen-bond acceptors (Lipinski definition) is 5. The largest absolute Gasteiger partial charge is 0.392 e. The molecule has 3 aromatic rings. The maximum Gasteiger partial charge on any atom is 0.315 e. The van der Waals surface area contributed by atoms with Crippen molar-refractivity contribution in [3.8, 4) is 11.1 Å². The highest BCUT2D eigenvalue weighted by Crippen LogP contribution is 2.38. The smallest absolute Gasteiger partial charge is 0.315 e. The zero-order chi connectivity index (χ0) is 29.1. The summed E-state index contributed by atoms with van der Waals surface area (Å²) in [6.45, 7) is 6.19. The number of likely N-dealkylation sites (tertiary alicyclic amines) is 1. The minimum absolute atomic E-state index is 0.0368. The number of ether oxygens (including phenoxy) is 2. The van der Waals surface area contributed by atoms with Crippen molar-refractivity contribution in [2.75, 3.05) is 26.2 Å². The highest BCUT2D eigenvalue weighted by molar-refractivity contribution is 5.73. The Morgan fingerprint density at radius 3 is 2.26 bits per heavy atom. The first-order chi connectivity index (χ1) is 20.6. The van der Waals surface area contributed by atoms with Gasteiger partial charge >= 0.3 is 6.03 Å². The van der Waals surface area contributed by atoms with Crippen molar-refractivity contribution in [2.45, 2.75) is 77.1 Å². The van der Waals surface area contributed by atoms with Crippen LogP contribution in [0.3, 0.4) is 0 Å². The van der Waals surface area contributed by atoms with Gasteiger partial charge in [0.15, 0.2) is 6.29 Å². The molecule has 2 aliphatic rings. The molecule has 3 aromatic carbocycles. The summed E-state index contributed by atoms with van der Waals surface area (Å²) in [6.07, 6.45) is 6.82. The molecule has 0 bridgehead atoms. The fourth-order valence-electron chi connectivity index (χ4n) is 5.92. The summed E-state index contributed by atoms with van der Waals surface area (Å²) in [6, 6.07) is 24.6. The molecule has 0 aliphatic carbocycles. The zero-order valence-corrected chi connectivity index (χ0v) is 24.8. The lowest BCUT2D eigenvalue weighted by atomic mass is 9.98. The van der Waals surface area contributed by atoms with Crippen LogP contribution < -0.4 is 10.6 Å². The predicted octanol–water partition coefficient (Wildman–Crippen LogP) is 6.48. The first-order valence-electron chi connectivity index (χ1n) is 15.5. The van der Waals surface area contributed by atoms with E-state index in [0.29, 0.717) is 13.1 Å². The Morgan fingerprint density at radius 2 is 1.55 bits per heavy atom. The number of carbonyl (C=O) groups is 1. The number of rotatable bonds is 9. The van der Waals surface area contributed by atoms with Crippen LogP contribution in [0.4, 0.5) is 4.79 Å². The highest BCUT2D eigenvalue weighted by Gasteiger charge is 2.33. The van der Waals surface area contributed by atoms with Crippen LogP contribution in [0.5, 0.6) is 0 Å². The number of aliphatic hydroxyl groups is 1. The summed E-state index contributed by atoms with van der Waals surface area (Å²) in [5.41, 5.74) is 6.26. The van der Waals surface area contributed by atoms with E-state index in [1.165, 1.54) is 32.1 Å². The molecular formula is C35H45N3O4. The summed E-state index contributed by atoms with van der Waals surface area (Å²) >= 11 is 0. The average Bonchev–Trinajstić information content (AvgIpc) is 3.01. The van der Waals surface area contributed by atoms with Crippen molar-refractivity contribution in [1.82, 2.24) is 15.5 Å². The third-order valence-corrected chi connectivity index (χ3v) is 8.26. The number of nitrogens with zero attached hydrogens (tertiary/aromatic N) is 1. The van der Waals surface area contributed by atoms with Gasteiger partial charge in [-0.1, -0.05) is 86.0 Å². The van der Waals surface area contributed by atoms with Crippen molar-refractivity contribution < 1.29 is 19.4 Å². The van der Waals surface area contributed by atoms with E-state index >= 15 is 0 Å². The molecule has 3 atom stereocenters. The normalized spacial score (nSPS) is 21.7. The highest BCUT2D eigenvalue weighted by atomic mass is 16.7. The van der Waals surface area contributed by atoms with Crippen molar-refractivity contribution >= 4 is 6.03 Å². The lowest BCUT2D eigenvalue weighted by Gasteiger charge is -2.38. The average molecular weight is 572 g/mol. The second kappa shape index (κ2) is 15.3. The molecule has 5 rings (SSSR count). The minimum Gasteiger partial charge on any atom is -0.392 e. The maximum absolute atomic E-state index is 11.8. The zero-order valence-electron chi connectivity index (χ0n) is 24.8. The monoisotopic (exact) mass is 571 g/mol. The summed E-state index contributed by atoms with van der Waals surface area (Å²) in [4.78, 5) is 14.4. The Morgan fingerprint density at radius 1 is 0.833 bits per heavy atom. The number of amides is 2. The van der Waals surface area contributed by atoms with Crippen LogP contribution in [0.2, 0.25) is 0 Å². The number of nitrogens with one attached hydrogen (secondary N) is 2. The van der Waals surface area contributed by atoms with E-state index in [9.17, 15) is 9.90 Å². The molecule has 2 aliphatic heterocycles. The van der Waals surface area contributed by atoms with Crippen LogP contribution in [0, 0.1) is 0 Å². The van der Waals surface area contributed by atoms with Gasteiger partial charge in [-0.2, -0.15) is 0 Å². The number of carbonyl (C=O) groups excluding carboxylic acids is 1. The third kappa shape index (κ3) is 8.42. The van der Waals surface area contributed by atoms with Gasteiger partial charge in [-0.15, -0.1) is 0 Å². The van der Waals surface area contributed by atoms with Crippen molar-refractivity contribution in [3.63, 3.8) is 0 Å². The second-order valence-corrected chi connectivity index (χ2v) is 11.5. The van der Waals surface area contributed by atoms with Crippen LogP contribution in [-0.4, -0.2) is 48.3 Å². The van der Waals surface area contributed by atoms with Gasteiger partial charge in [0.05, 0.1) is 18.8 Å². The molecular weight excluding hydrogens is 526 g/mol. The van der Waals surface area contributed by atoms with Crippen molar-refractivity contribution in [3.05, 3.63) is 95.1 Å². The lowest BCUT2D eigenvalue weighted by Crippen LogP contribution is -2.40. The Labute approximate surface area is 250 Å². The molecule has 0 unspecified atom stereocenters. The molecule has 7 heteroatoms. The van der Waals surface area contributed by atoms with Gasteiger partial charge in [-0.3, -0.25) is 0 Å². The fourth-order valence-corrected chi connectivity index (χ4v) is 5.92. The number of aliphatic hydroxyl groups excluding tert-OH is 1. The Balaban J connectivity index is 1.30. The fraction of sp³-hybridized carbons (Fsp3) is 0.457. The van der Waals surface area contributed by atoms with Crippen molar-refractivity contribution in [1.29, 1.82) is 0 Å². The van der Waals surface area contributed by atoms with Gasteiger partial charge in [-0.25, -0.2) is 4.79 Å². The van der Waals surface area contributed by atoms with Gasteiger partial charge in [0.1, 0.15) is 0 Å². The van der Waals surface area contributed by atoms with Crippen LogP contribution >= 0.6 is 0 Å². The Hall–Kier alpha value is -3.23. The van der Waals surface area contributed by atoms with Crippen LogP contribution in [0.15, 0.2) is 72.8 Å². The van der Waals surface area contributed by atoms with Gasteiger partial charge in [0.2, 0.25) is 0 Å². The molecule has 2 saturated heterocycles. The van der Waals surface area contributed by atoms with Gasteiger partial charge in [0, 0.05) is 31.6 Å². The summed E-state index contributed by atoms with van der Waals surface area (Å²) in [5, 5.41) is 15.2. The van der Waals surface area contributed by atoms with E-state index in [2.05, 4.69) is 64.1 Å². The van der Waals surface area contributed by atoms with Crippen LogP contribution in [-0.2, 0) is 22.6 Å². The Bertz CT molecular complexity index is 1260. The van der Waals surface area contributed by atoms with E-state index in [0.717, 1.165) is 59.4 Å². The molecule has 2 fully saturated rings. The molecule has 7 nitrogen and oxygen atoms in total. The molecule has 3 N–H and O–H groups in total. The van der Waals surface area contributed by atoms with E-state index in [1.54, 1.807) is 0 Å². The number of urea groups is 1. The summed E-state index contributed by atoms with van der Waals surface area (Å²) < 4.78 is 13.2. The molecule has 0 aromatic heterocycles. The first kappa shape index (κ1) is 30.2. The van der Waals surface area contributed by atoms with E-state index < -0.39 is 6.29 Å². The second-order valence-electron chi connectivity index (χ2n) is 11.5. The number of benzene rings is 3. The number of hydrogen-bond donors (Lipinski definition) is 3. The van der Waals surface area contributed by atoms with Gasteiger partial charge in [-0.05, 0) is 66.7 Å². The predicted molar refractivity (Wildman–Crippen MR) is 166 cm³/mol. The van der Waals surface area contributed by atoms with Crippen LogP contribution in [0.25, 0.3) is 11.1 Å². The lowest BCUT2D eigenvalue weighted by molar-refractivity contribution is -0.253. The minimum atomic E-state index is -0.456. The molecule has 2 heterocycles. The summed E-state index contributed by atoms with van der Waals surface area (Å²) in [7, 11) is 0. The standard InChI is InChI=1S/C35H45N3O4/c1-2-36-35(40)37-23-27-9-8-10-31(21-27)28-15-17-30(18-16-28)34-41-32(24-38-19-6-4-3-5-7-20-38)22-33(42-34)29-13-11-26(25-39)12-14-29/h8-18,21,32-34,39H,2-7,19-20,22-25H2,1H3,(H2,36,37,40)/t32-,33+,34+/m1/s1. The quantitative estimate of drug-likeness (QED) is 0.274. The summed E-state index contributed by atoms with van der Waals surface area (Å²) in [5.74, 6) is 0. The van der Waals surface area contributed by atoms with Crippen LogP contribution in [0.1, 0.15) is 80.1 Å². The topological polar surface area (TPSA) is 83.1 Å². The van der Waals surface area contributed by atoms with E-state index in [1.807, 2.05) is 31.2 Å². The van der Waals surface area contributed by atoms with E-state index in [-0.39, 0.29) is 24.8 Å².